The highest BCUT2D eigenvalue weighted by molar-refractivity contribution is 5.80. The lowest BCUT2D eigenvalue weighted by atomic mass is 10.2. The van der Waals surface area contributed by atoms with Crippen LogP contribution in [-0.2, 0) is 27.3 Å². The average Bonchev–Trinajstić information content (AvgIpc) is 2.64. The maximum atomic E-state index is 11.6. The largest absolute Gasteiger partial charge is 0.482 e. The minimum absolute atomic E-state index is 0.225. The van der Waals surface area contributed by atoms with Crippen LogP contribution in [0.3, 0.4) is 0 Å². The Hall–Kier alpha value is -2.82. The molecule has 5 nitrogen and oxygen atoms in total. The first kappa shape index (κ1) is 17.5. The maximum Gasteiger partial charge on any atom is 0.344 e. The van der Waals surface area contributed by atoms with Gasteiger partial charge in [0.25, 0.3) is 5.91 Å². The van der Waals surface area contributed by atoms with E-state index in [1.165, 1.54) is 5.56 Å². The molecule has 24 heavy (non-hydrogen) atoms. The summed E-state index contributed by atoms with van der Waals surface area (Å²) in [6, 6.07) is 17.0. The van der Waals surface area contributed by atoms with Crippen molar-refractivity contribution in [2.75, 3.05) is 13.2 Å². The van der Waals surface area contributed by atoms with Gasteiger partial charge >= 0.3 is 5.97 Å². The molecule has 0 unspecified atom stereocenters. The molecule has 2 aromatic carbocycles. The van der Waals surface area contributed by atoms with Crippen molar-refractivity contribution in [3.63, 3.8) is 0 Å². The number of nitrogens with one attached hydrogen (secondary N) is 1. The highest BCUT2D eigenvalue weighted by atomic mass is 16.6. The quantitative estimate of drug-likeness (QED) is 0.757. The van der Waals surface area contributed by atoms with Gasteiger partial charge in [0.1, 0.15) is 5.75 Å². The van der Waals surface area contributed by atoms with Crippen molar-refractivity contribution in [3.05, 3.63) is 65.7 Å². The number of carbonyl (C=O) groups excluding carboxylic acids is 2. The standard InChI is InChI=1S/C19H21NO4/c1-2-15-8-10-17(11-9-15)23-14-19(22)24-13-18(21)20-12-16-6-4-3-5-7-16/h3-11H,2,12-14H2,1H3,(H,20,21). The van der Waals surface area contributed by atoms with Gasteiger partial charge in [0.15, 0.2) is 13.2 Å². The maximum absolute atomic E-state index is 11.6. The first-order valence-corrected chi connectivity index (χ1v) is 7.85. The Morgan fingerprint density at radius 1 is 0.917 bits per heavy atom. The summed E-state index contributed by atoms with van der Waals surface area (Å²) in [7, 11) is 0. The summed E-state index contributed by atoms with van der Waals surface area (Å²) in [5.41, 5.74) is 2.18. The van der Waals surface area contributed by atoms with Crippen LogP contribution in [0.5, 0.6) is 5.75 Å². The van der Waals surface area contributed by atoms with Crippen molar-refractivity contribution >= 4 is 11.9 Å². The second-order valence-corrected chi connectivity index (χ2v) is 5.21. The zero-order valence-electron chi connectivity index (χ0n) is 13.7. The van der Waals surface area contributed by atoms with E-state index in [4.69, 9.17) is 9.47 Å². The monoisotopic (exact) mass is 327 g/mol. The molecule has 0 aliphatic rings. The third-order valence-corrected chi connectivity index (χ3v) is 3.39. The Morgan fingerprint density at radius 3 is 2.29 bits per heavy atom. The van der Waals surface area contributed by atoms with Crippen LogP contribution in [0.15, 0.2) is 54.6 Å². The molecular weight excluding hydrogens is 306 g/mol. The predicted octanol–water partition coefficient (Wildman–Crippen LogP) is 2.49. The normalized spacial score (nSPS) is 10.0. The Bertz CT molecular complexity index is 653. The summed E-state index contributed by atoms with van der Waals surface area (Å²) < 4.78 is 10.2. The lowest BCUT2D eigenvalue weighted by Crippen LogP contribution is -2.29. The molecule has 0 atom stereocenters. The molecule has 1 N–H and O–H groups in total. The number of aryl methyl sites for hydroxylation is 1. The van der Waals surface area contributed by atoms with Crippen molar-refractivity contribution in [1.29, 1.82) is 0 Å². The summed E-state index contributed by atoms with van der Waals surface area (Å²) in [5, 5.41) is 2.68. The summed E-state index contributed by atoms with van der Waals surface area (Å²) in [4.78, 5) is 23.2. The van der Waals surface area contributed by atoms with Gasteiger partial charge in [0.2, 0.25) is 0 Å². The fourth-order valence-electron chi connectivity index (χ4n) is 2.00. The second kappa shape index (κ2) is 9.35. The number of hydrogen-bond donors (Lipinski definition) is 1. The molecule has 5 heteroatoms. The predicted molar refractivity (Wildman–Crippen MR) is 90.6 cm³/mol. The summed E-state index contributed by atoms with van der Waals surface area (Å²) in [5.74, 6) is -0.332. The van der Waals surface area contributed by atoms with Crippen molar-refractivity contribution in [2.24, 2.45) is 0 Å². The van der Waals surface area contributed by atoms with Gasteiger partial charge in [0.05, 0.1) is 0 Å². The minimum atomic E-state index is -0.579. The smallest absolute Gasteiger partial charge is 0.344 e. The number of amides is 1. The number of hydrogen-bond acceptors (Lipinski definition) is 4. The fourth-order valence-corrected chi connectivity index (χ4v) is 2.00. The van der Waals surface area contributed by atoms with E-state index in [1.807, 2.05) is 42.5 Å². The molecule has 0 aliphatic carbocycles. The molecule has 0 bridgehead atoms. The molecule has 0 spiro atoms. The van der Waals surface area contributed by atoms with E-state index >= 15 is 0 Å². The lowest BCUT2D eigenvalue weighted by Gasteiger charge is -2.08. The number of rotatable bonds is 8. The number of carbonyl (C=O) groups is 2. The fraction of sp³-hybridized carbons (Fsp3) is 0.263. The SMILES string of the molecule is CCc1ccc(OCC(=O)OCC(=O)NCc2ccccc2)cc1. The highest BCUT2D eigenvalue weighted by Crippen LogP contribution is 2.12. The van der Waals surface area contributed by atoms with Crippen LogP contribution >= 0.6 is 0 Å². The molecule has 126 valence electrons. The molecule has 1 amide bonds. The molecule has 0 radical (unpaired) electrons. The highest BCUT2D eigenvalue weighted by Gasteiger charge is 2.08. The van der Waals surface area contributed by atoms with E-state index in [0.29, 0.717) is 12.3 Å². The van der Waals surface area contributed by atoms with E-state index in [2.05, 4.69) is 12.2 Å². The van der Waals surface area contributed by atoms with E-state index in [-0.39, 0.29) is 19.1 Å². The Kier molecular flexibility index (Phi) is 6.83. The van der Waals surface area contributed by atoms with Gasteiger partial charge in [-0.15, -0.1) is 0 Å². The Labute approximate surface area is 141 Å². The van der Waals surface area contributed by atoms with Crippen LogP contribution in [-0.4, -0.2) is 25.1 Å². The first-order chi connectivity index (χ1) is 11.7. The zero-order chi connectivity index (χ0) is 17.2. The molecule has 0 aliphatic heterocycles. The number of benzene rings is 2. The Balaban J connectivity index is 1.64. The van der Waals surface area contributed by atoms with E-state index in [0.717, 1.165) is 12.0 Å². The molecule has 2 rings (SSSR count). The van der Waals surface area contributed by atoms with Crippen molar-refractivity contribution < 1.29 is 19.1 Å². The molecule has 0 aromatic heterocycles. The molecule has 2 aromatic rings. The minimum Gasteiger partial charge on any atom is -0.482 e. The molecular formula is C19H21NO4. The van der Waals surface area contributed by atoms with Crippen LogP contribution in [0.2, 0.25) is 0 Å². The van der Waals surface area contributed by atoms with Gasteiger partial charge < -0.3 is 14.8 Å². The van der Waals surface area contributed by atoms with E-state index < -0.39 is 5.97 Å². The van der Waals surface area contributed by atoms with E-state index in [1.54, 1.807) is 12.1 Å². The van der Waals surface area contributed by atoms with E-state index in [9.17, 15) is 9.59 Å². The van der Waals surface area contributed by atoms with Gasteiger partial charge in [-0.1, -0.05) is 49.4 Å². The van der Waals surface area contributed by atoms with Gasteiger partial charge in [-0.05, 0) is 29.7 Å². The lowest BCUT2D eigenvalue weighted by molar-refractivity contribution is -0.150. The molecule has 0 saturated carbocycles. The van der Waals surface area contributed by atoms with Crippen molar-refractivity contribution in [2.45, 2.75) is 19.9 Å². The van der Waals surface area contributed by atoms with Crippen LogP contribution in [0.4, 0.5) is 0 Å². The van der Waals surface area contributed by atoms with Gasteiger partial charge in [-0.2, -0.15) is 0 Å². The summed E-state index contributed by atoms with van der Waals surface area (Å²) in [6.45, 7) is 1.93. The van der Waals surface area contributed by atoms with Gasteiger partial charge in [-0.3, -0.25) is 4.79 Å². The van der Waals surface area contributed by atoms with Gasteiger partial charge in [-0.25, -0.2) is 4.79 Å². The number of ether oxygens (including phenoxy) is 2. The third-order valence-electron chi connectivity index (χ3n) is 3.39. The summed E-state index contributed by atoms with van der Waals surface area (Å²) in [6.07, 6.45) is 0.945. The summed E-state index contributed by atoms with van der Waals surface area (Å²) >= 11 is 0. The van der Waals surface area contributed by atoms with Crippen molar-refractivity contribution in [3.8, 4) is 5.75 Å². The van der Waals surface area contributed by atoms with Gasteiger partial charge in [0, 0.05) is 6.54 Å². The van der Waals surface area contributed by atoms with Crippen LogP contribution in [0, 0.1) is 0 Å². The molecule has 0 saturated heterocycles. The average molecular weight is 327 g/mol. The zero-order valence-corrected chi connectivity index (χ0v) is 13.7. The molecule has 0 heterocycles. The third kappa shape index (κ3) is 6.12. The second-order valence-electron chi connectivity index (χ2n) is 5.21. The topological polar surface area (TPSA) is 64.6 Å². The molecule has 0 fully saturated rings. The van der Waals surface area contributed by atoms with Crippen LogP contribution in [0.25, 0.3) is 0 Å². The first-order valence-electron chi connectivity index (χ1n) is 7.85. The van der Waals surface area contributed by atoms with Crippen LogP contribution < -0.4 is 10.1 Å². The van der Waals surface area contributed by atoms with Crippen LogP contribution in [0.1, 0.15) is 18.1 Å². The Morgan fingerprint density at radius 2 is 1.62 bits per heavy atom. The number of esters is 1. The van der Waals surface area contributed by atoms with Crippen molar-refractivity contribution in [1.82, 2.24) is 5.32 Å².